The average Bonchev–Trinajstić information content (AvgIpc) is 2.40. The molecule has 1 aromatic heterocycles. The molecule has 0 fully saturated rings. The second-order valence-electron chi connectivity index (χ2n) is 4.37. The lowest BCUT2D eigenvalue weighted by Crippen LogP contribution is -2.29. The molecule has 1 amide bonds. The van der Waals surface area contributed by atoms with E-state index in [0.29, 0.717) is 13.1 Å². The van der Waals surface area contributed by atoms with Crippen LogP contribution >= 0.6 is 0 Å². The summed E-state index contributed by atoms with van der Waals surface area (Å²) < 4.78 is 0. The highest BCUT2D eigenvalue weighted by molar-refractivity contribution is 5.92. The summed E-state index contributed by atoms with van der Waals surface area (Å²) in [7, 11) is 1.91. The van der Waals surface area contributed by atoms with E-state index in [4.69, 9.17) is 0 Å². The minimum absolute atomic E-state index is 0.0300. The molecule has 0 atom stereocenters. The van der Waals surface area contributed by atoms with Crippen molar-refractivity contribution in [1.29, 1.82) is 0 Å². The van der Waals surface area contributed by atoms with E-state index in [1.165, 1.54) is 0 Å². The Morgan fingerprint density at radius 1 is 1.37 bits per heavy atom. The van der Waals surface area contributed by atoms with Crippen molar-refractivity contribution >= 4 is 11.6 Å². The van der Waals surface area contributed by atoms with E-state index in [-0.39, 0.29) is 5.91 Å². The molecule has 19 heavy (non-hydrogen) atoms. The maximum Gasteiger partial charge on any atom is 0.238 e. The van der Waals surface area contributed by atoms with Crippen molar-refractivity contribution in [3.63, 3.8) is 0 Å². The summed E-state index contributed by atoms with van der Waals surface area (Å²) in [5.41, 5.74) is 1.88. The minimum Gasteiger partial charge on any atom is -0.325 e. The number of nitrogens with zero attached hydrogens (tertiary/aromatic N) is 2. The second-order valence-corrected chi connectivity index (χ2v) is 4.37. The van der Waals surface area contributed by atoms with Crippen molar-refractivity contribution in [3.05, 3.63) is 60.4 Å². The Morgan fingerprint density at radius 2 is 2.16 bits per heavy atom. The minimum atomic E-state index is -0.0300. The van der Waals surface area contributed by atoms with Gasteiger partial charge in [-0.3, -0.25) is 14.7 Å². The molecule has 97 valence electrons. The number of carbonyl (C=O) groups excluding carboxylic acids is 1. The number of hydrogen-bond acceptors (Lipinski definition) is 3. The molecular weight excluding hydrogens is 238 g/mol. The first-order chi connectivity index (χ1) is 9.24. The number of anilines is 1. The van der Waals surface area contributed by atoms with Crippen molar-refractivity contribution in [1.82, 2.24) is 9.88 Å². The van der Waals surface area contributed by atoms with Gasteiger partial charge in [-0.05, 0) is 36.9 Å². The summed E-state index contributed by atoms with van der Waals surface area (Å²) in [6.07, 6.45) is 3.55. The Kier molecular flexibility index (Phi) is 4.64. The number of hydrogen-bond donors (Lipinski definition) is 1. The average molecular weight is 254 g/mol. The zero-order valence-corrected chi connectivity index (χ0v) is 10.8. The van der Waals surface area contributed by atoms with Crippen molar-refractivity contribution in [2.75, 3.05) is 18.9 Å². The lowest BCUT2D eigenvalue weighted by molar-refractivity contribution is -0.117. The number of benzene rings is 1. The molecule has 0 unspecified atom stereocenters. The van der Waals surface area contributed by atoms with Gasteiger partial charge in [-0.1, -0.05) is 18.2 Å². The molecule has 2 rings (SSSR count). The van der Waals surface area contributed by atoms with Gasteiger partial charge in [0.15, 0.2) is 0 Å². The van der Waals surface area contributed by atoms with Crippen LogP contribution in [0.15, 0.2) is 48.8 Å². The predicted octanol–water partition coefficient (Wildman–Crippen LogP) is 1.95. The lowest BCUT2D eigenvalue weighted by atomic mass is 10.2. The van der Waals surface area contributed by atoms with Gasteiger partial charge in [0, 0.05) is 24.6 Å². The molecule has 0 aliphatic rings. The van der Waals surface area contributed by atoms with Crippen LogP contribution in [0.25, 0.3) is 0 Å². The standard InChI is InChI=1S/C15H16N3O/c1-18(11-13-6-5-9-16-10-13)12-15(19)17-14-7-3-2-4-8-14/h3-10H,11-12H2,1H3,(H,17,19). The summed E-state index contributed by atoms with van der Waals surface area (Å²) in [4.78, 5) is 17.8. The Hall–Kier alpha value is -2.20. The molecular formula is C15H16N3O. The number of rotatable bonds is 5. The molecule has 0 bridgehead atoms. The van der Waals surface area contributed by atoms with Gasteiger partial charge in [0.05, 0.1) is 6.54 Å². The van der Waals surface area contributed by atoms with Crippen molar-refractivity contribution in [2.45, 2.75) is 6.54 Å². The fraction of sp³-hybridized carbons (Fsp3) is 0.200. The van der Waals surface area contributed by atoms with Crippen molar-refractivity contribution < 1.29 is 4.79 Å². The summed E-state index contributed by atoms with van der Waals surface area (Å²) in [6.45, 7) is 1.04. The maximum absolute atomic E-state index is 11.8. The highest BCUT2D eigenvalue weighted by Crippen LogP contribution is 2.05. The Bertz CT molecular complexity index is 513. The SMILES string of the molecule is CN(CC(=O)Nc1cc[c]cc1)Cc1cccnc1. The zero-order chi connectivity index (χ0) is 13.5. The van der Waals surface area contributed by atoms with Crippen LogP contribution in [0.3, 0.4) is 0 Å². The molecule has 0 aliphatic carbocycles. The first-order valence-corrected chi connectivity index (χ1v) is 6.07. The molecule has 1 heterocycles. The highest BCUT2D eigenvalue weighted by atomic mass is 16.2. The highest BCUT2D eigenvalue weighted by Gasteiger charge is 2.07. The molecule has 0 aliphatic heterocycles. The summed E-state index contributed by atoms with van der Waals surface area (Å²) in [6, 6.07) is 14.0. The third kappa shape index (κ3) is 4.52. The first kappa shape index (κ1) is 13.2. The normalized spacial score (nSPS) is 10.4. The largest absolute Gasteiger partial charge is 0.325 e. The summed E-state index contributed by atoms with van der Waals surface area (Å²) >= 11 is 0. The Labute approximate surface area is 113 Å². The Balaban J connectivity index is 1.82. The van der Waals surface area contributed by atoms with E-state index in [2.05, 4.69) is 16.4 Å². The fourth-order valence-corrected chi connectivity index (χ4v) is 1.78. The molecule has 1 N–H and O–H groups in total. The van der Waals surface area contributed by atoms with E-state index in [1.807, 2.05) is 36.2 Å². The Morgan fingerprint density at radius 3 is 2.84 bits per heavy atom. The molecule has 2 aromatic rings. The van der Waals surface area contributed by atoms with Crippen LogP contribution < -0.4 is 5.32 Å². The molecule has 0 saturated carbocycles. The lowest BCUT2D eigenvalue weighted by Gasteiger charge is -2.16. The van der Waals surface area contributed by atoms with Crippen molar-refractivity contribution in [2.24, 2.45) is 0 Å². The molecule has 1 aromatic carbocycles. The predicted molar refractivity (Wildman–Crippen MR) is 74.5 cm³/mol. The van der Waals surface area contributed by atoms with E-state index in [1.54, 1.807) is 24.5 Å². The molecule has 1 radical (unpaired) electrons. The van der Waals surface area contributed by atoms with E-state index >= 15 is 0 Å². The van der Waals surface area contributed by atoms with Crippen LogP contribution in [0.4, 0.5) is 5.69 Å². The number of amides is 1. The van der Waals surface area contributed by atoms with Crippen LogP contribution in [-0.2, 0) is 11.3 Å². The van der Waals surface area contributed by atoms with E-state index in [0.717, 1.165) is 11.3 Å². The topological polar surface area (TPSA) is 45.2 Å². The van der Waals surface area contributed by atoms with Gasteiger partial charge in [-0.25, -0.2) is 0 Å². The fourth-order valence-electron chi connectivity index (χ4n) is 1.78. The summed E-state index contributed by atoms with van der Waals surface area (Å²) in [5, 5.41) is 2.84. The van der Waals surface area contributed by atoms with Gasteiger partial charge in [0.1, 0.15) is 0 Å². The van der Waals surface area contributed by atoms with Crippen LogP contribution in [0.1, 0.15) is 5.56 Å². The monoisotopic (exact) mass is 254 g/mol. The number of likely N-dealkylation sites (N-methyl/N-ethyl adjacent to an activating group) is 1. The number of pyridine rings is 1. The van der Waals surface area contributed by atoms with Gasteiger partial charge < -0.3 is 5.32 Å². The van der Waals surface area contributed by atoms with Gasteiger partial charge in [-0.2, -0.15) is 0 Å². The first-order valence-electron chi connectivity index (χ1n) is 6.07. The van der Waals surface area contributed by atoms with Gasteiger partial charge >= 0.3 is 0 Å². The smallest absolute Gasteiger partial charge is 0.238 e. The van der Waals surface area contributed by atoms with Gasteiger partial charge in [-0.15, -0.1) is 0 Å². The molecule has 4 nitrogen and oxygen atoms in total. The zero-order valence-electron chi connectivity index (χ0n) is 10.8. The quantitative estimate of drug-likeness (QED) is 0.887. The number of carbonyl (C=O) groups is 1. The number of aromatic nitrogens is 1. The third-order valence-electron chi connectivity index (χ3n) is 2.59. The second kappa shape index (κ2) is 6.66. The summed E-state index contributed by atoms with van der Waals surface area (Å²) in [5.74, 6) is -0.0300. The van der Waals surface area contributed by atoms with Crippen LogP contribution in [0.2, 0.25) is 0 Å². The van der Waals surface area contributed by atoms with E-state index in [9.17, 15) is 4.79 Å². The van der Waals surface area contributed by atoms with Gasteiger partial charge in [0.25, 0.3) is 0 Å². The number of nitrogens with one attached hydrogen (secondary N) is 1. The van der Waals surface area contributed by atoms with Crippen LogP contribution in [0, 0.1) is 6.07 Å². The van der Waals surface area contributed by atoms with Gasteiger partial charge in [0.2, 0.25) is 5.91 Å². The molecule has 0 saturated heterocycles. The third-order valence-corrected chi connectivity index (χ3v) is 2.59. The maximum atomic E-state index is 11.8. The molecule has 0 spiro atoms. The van der Waals surface area contributed by atoms with E-state index < -0.39 is 0 Å². The van der Waals surface area contributed by atoms with Crippen molar-refractivity contribution in [3.8, 4) is 0 Å². The molecule has 4 heteroatoms. The van der Waals surface area contributed by atoms with Crippen LogP contribution in [0.5, 0.6) is 0 Å². The van der Waals surface area contributed by atoms with Crippen LogP contribution in [-0.4, -0.2) is 29.4 Å².